The number of hydrogen-bond donors (Lipinski definition) is 2. The van der Waals surface area contributed by atoms with Crippen LogP contribution < -0.4 is 5.32 Å². The Balaban J connectivity index is 4.13. The standard InChI is InChI=1S/C8H15NO2/c1-4-5-6(2)7(9-3)8(10)11/h4-7,9H,1-3H3,(H,10,11)/b5-4+/t6?,7-/m1/s1. The van der Waals surface area contributed by atoms with Crippen LogP contribution in [0.1, 0.15) is 13.8 Å². The lowest BCUT2D eigenvalue weighted by atomic mass is 10.0. The van der Waals surface area contributed by atoms with Crippen LogP contribution in [0.5, 0.6) is 0 Å². The third-order valence-electron chi connectivity index (χ3n) is 1.60. The molecule has 2 atom stereocenters. The fourth-order valence-electron chi connectivity index (χ4n) is 1.03. The third kappa shape index (κ3) is 3.18. The van der Waals surface area contributed by atoms with Gasteiger partial charge in [-0.15, -0.1) is 0 Å². The highest BCUT2D eigenvalue weighted by Gasteiger charge is 2.19. The topological polar surface area (TPSA) is 49.3 Å². The number of aliphatic carboxylic acids is 1. The van der Waals surface area contributed by atoms with Gasteiger partial charge < -0.3 is 10.4 Å². The van der Waals surface area contributed by atoms with Crippen molar-refractivity contribution >= 4 is 5.97 Å². The summed E-state index contributed by atoms with van der Waals surface area (Å²) in [5.74, 6) is -0.777. The molecule has 0 aliphatic carbocycles. The van der Waals surface area contributed by atoms with Gasteiger partial charge in [-0.3, -0.25) is 4.79 Å². The molecule has 0 radical (unpaired) electrons. The molecule has 64 valence electrons. The lowest BCUT2D eigenvalue weighted by Crippen LogP contribution is -2.38. The molecule has 3 heteroatoms. The summed E-state index contributed by atoms with van der Waals surface area (Å²) in [5, 5.41) is 11.4. The minimum atomic E-state index is -0.807. The third-order valence-corrected chi connectivity index (χ3v) is 1.60. The molecule has 2 N–H and O–H groups in total. The number of hydrogen-bond acceptors (Lipinski definition) is 2. The highest BCUT2D eigenvalue weighted by molar-refractivity contribution is 5.74. The Hall–Kier alpha value is -0.830. The zero-order valence-corrected chi connectivity index (χ0v) is 7.16. The number of likely N-dealkylation sites (N-methyl/N-ethyl adjacent to an activating group) is 1. The zero-order valence-electron chi connectivity index (χ0n) is 7.16. The molecule has 1 unspecified atom stereocenters. The van der Waals surface area contributed by atoms with Crippen molar-refractivity contribution in [2.75, 3.05) is 7.05 Å². The van der Waals surface area contributed by atoms with Gasteiger partial charge in [-0.25, -0.2) is 0 Å². The normalized spacial score (nSPS) is 16.6. The number of carbonyl (C=O) groups is 1. The summed E-state index contributed by atoms with van der Waals surface area (Å²) >= 11 is 0. The van der Waals surface area contributed by atoms with Crippen LogP contribution in [-0.4, -0.2) is 24.2 Å². The molecule has 0 heterocycles. The van der Waals surface area contributed by atoms with Crippen molar-refractivity contribution in [1.82, 2.24) is 5.32 Å². The van der Waals surface area contributed by atoms with E-state index in [2.05, 4.69) is 5.32 Å². The lowest BCUT2D eigenvalue weighted by Gasteiger charge is -2.15. The van der Waals surface area contributed by atoms with E-state index in [0.29, 0.717) is 0 Å². The van der Waals surface area contributed by atoms with Gasteiger partial charge in [0.1, 0.15) is 6.04 Å². The molecule has 0 spiro atoms. The SMILES string of the molecule is C/C=C/C(C)[C@@H](NC)C(=O)O. The zero-order chi connectivity index (χ0) is 8.85. The van der Waals surface area contributed by atoms with E-state index < -0.39 is 12.0 Å². The predicted molar refractivity (Wildman–Crippen MR) is 44.5 cm³/mol. The summed E-state index contributed by atoms with van der Waals surface area (Å²) in [6.07, 6.45) is 3.73. The summed E-state index contributed by atoms with van der Waals surface area (Å²) in [7, 11) is 1.65. The average molecular weight is 157 g/mol. The molecule has 0 aromatic rings. The summed E-state index contributed by atoms with van der Waals surface area (Å²) in [4.78, 5) is 10.6. The van der Waals surface area contributed by atoms with Gasteiger partial charge in [0.15, 0.2) is 0 Å². The lowest BCUT2D eigenvalue weighted by molar-refractivity contribution is -0.140. The molecule has 0 saturated carbocycles. The van der Waals surface area contributed by atoms with E-state index in [1.165, 1.54) is 0 Å². The van der Waals surface area contributed by atoms with Gasteiger partial charge >= 0.3 is 5.97 Å². The molecule has 3 nitrogen and oxygen atoms in total. The molecule has 0 saturated heterocycles. The fraction of sp³-hybridized carbons (Fsp3) is 0.625. The maximum absolute atomic E-state index is 10.6. The maximum Gasteiger partial charge on any atom is 0.321 e. The van der Waals surface area contributed by atoms with Gasteiger partial charge in [-0.1, -0.05) is 19.1 Å². The van der Waals surface area contributed by atoms with Gasteiger partial charge in [-0.2, -0.15) is 0 Å². The Morgan fingerprint density at radius 3 is 2.45 bits per heavy atom. The van der Waals surface area contributed by atoms with Crippen LogP contribution in [0.25, 0.3) is 0 Å². The van der Waals surface area contributed by atoms with Crippen molar-refractivity contribution in [3.8, 4) is 0 Å². The number of rotatable bonds is 4. The summed E-state index contributed by atoms with van der Waals surface area (Å²) in [6, 6.07) is -0.480. The van der Waals surface area contributed by atoms with Gasteiger partial charge in [0.25, 0.3) is 0 Å². The van der Waals surface area contributed by atoms with E-state index in [0.717, 1.165) is 0 Å². The van der Waals surface area contributed by atoms with Crippen molar-refractivity contribution in [2.45, 2.75) is 19.9 Å². The van der Waals surface area contributed by atoms with Crippen LogP contribution in [0, 0.1) is 5.92 Å². The Morgan fingerprint density at radius 1 is 1.64 bits per heavy atom. The second kappa shape index (κ2) is 4.91. The van der Waals surface area contributed by atoms with Crippen molar-refractivity contribution in [2.24, 2.45) is 5.92 Å². The molecule has 0 aromatic heterocycles. The quantitative estimate of drug-likeness (QED) is 0.595. The maximum atomic E-state index is 10.6. The second-order valence-corrected chi connectivity index (χ2v) is 2.49. The molecule has 0 aliphatic heterocycles. The highest BCUT2D eigenvalue weighted by atomic mass is 16.4. The molecular formula is C8H15NO2. The first-order valence-electron chi connectivity index (χ1n) is 3.66. The minimum Gasteiger partial charge on any atom is -0.480 e. The van der Waals surface area contributed by atoms with E-state index in [1.807, 2.05) is 26.0 Å². The average Bonchev–Trinajstić information content (AvgIpc) is 1.88. The van der Waals surface area contributed by atoms with Crippen LogP contribution in [0.15, 0.2) is 12.2 Å². The van der Waals surface area contributed by atoms with Crippen LogP contribution in [0.4, 0.5) is 0 Å². The Bertz CT molecular complexity index is 154. The summed E-state index contributed by atoms with van der Waals surface area (Å²) in [6.45, 7) is 3.75. The molecule has 0 amide bonds. The summed E-state index contributed by atoms with van der Waals surface area (Å²) < 4.78 is 0. The Morgan fingerprint density at radius 2 is 2.18 bits per heavy atom. The first-order valence-corrected chi connectivity index (χ1v) is 3.66. The predicted octanol–water partition coefficient (Wildman–Crippen LogP) is 0.871. The van der Waals surface area contributed by atoms with E-state index in [1.54, 1.807) is 7.05 Å². The Kier molecular flexibility index (Phi) is 4.54. The Labute approximate surface area is 67.1 Å². The van der Waals surface area contributed by atoms with E-state index in [9.17, 15) is 4.79 Å². The van der Waals surface area contributed by atoms with Crippen molar-refractivity contribution in [3.05, 3.63) is 12.2 Å². The van der Waals surface area contributed by atoms with E-state index >= 15 is 0 Å². The second-order valence-electron chi connectivity index (χ2n) is 2.49. The summed E-state index contributed by atoms with van der Waals surface area (Å²) in [5.41, 5.74) is 0. The largest absolute Gasteiger partial charge is 0.480 e. The smallest absolute Gasteiger partial charge is 0.321 e. The van der Waals surface area contributed by atoms with Gasteiger partial charge in [0, 0.05) is 5.92 Å². The van der Waals surface area contributed by atoms with Crippen molar-refractivity contribution in [1.29, 1.82) is 0 Å². The molecular weight excluding hydrogens is 142 g/mol. The molecule has 0 aliphatic rings. The number of nitrogens with one attached hydrogen (secondary N) is 1. The number of carboxylic acid groups (broad SMARTS) is 1. The fourth-order valence-corrected chi connectivity index (χ4v) is 1.03. The van der Waals surface area contributed by atoms with Crippen LogP contribution in [0.3, 0.4) is 0 Å². The monoisotopic (exact) mass is 157 g/mol. The molecule has 0 fully saturated rings. The van der Waals surface area contributed by atoms with Crippen LogP contribution >= 0.6 is 0 Å². The minimum absolute atomic E-state index is 0.0301. The van der Waals surface area contributed by atoms with Crippen LogP contribution in [-0.2, 0) is 4.79 Å². The molecule has 0 rings (SSSR count). The van der Waals surface area contributed by atoms with E-state index in [-0.39, 0.29) is 5.92 Å². The first-order chi connectivity index (χ1) is 5.13. The molecule has 11 heavy (non-hydrogen) atoms. The first kappa shape index (κ1) is 10.2. The molecule has 0 aromatic carbocycles. The molecule has 0 bridgehead atoms. The van der Waals surface area contributed by atoms with E-state index in [4.69, 9.17) is 5.11 Å². The van der Waals surface area contributed by atoms with Gasteiger partial charge in [0.05, 0.1) is 0 Å². The number of carboxylic acids is 1. The van der Waals surface area contributed by atoms with Crippen molar-refractivity contribution < 1.29 is 9.90 Å². The highest BCUT2D eigenvalue weighted by Crippen LogP contribution is 2.04. The van der Waals surface area contributed by atoms with Gasteiger partial charge in [0.2, 0.25) is 0 Å². The van der Waals surface area contributed by atoms with Crippen molar-refractivity contribution in [3.63, 3.8) is 0 Å². The number of allylic oxidation sites excluding steroid dienone is 1. The van der Waals surface area contributed by atoms with Crippen LogP contribution in [0.2, 0.25) is 0 Å². The van der Waals surface area contributed by atoms with Gasteiger partial charge in [-0.05, 0) is 14.0 Å².